The molecule has 1 fully saturated rings. The van der Waals surface area contributed by atoms with E-state index in [0.717, 1.165) is 58.1 Å². The van der Waals surface area contributed by atoms with Gasteiger partial charge in [-0.2, -0.15) is 0 Å². The number of nitrogens with one attached hydrogen (secondary N) is 1. The average molecular weight is 487 g/mol. The van der Waals surface area contributed by atoms with Crippen LogP contribution >= 0.6 is 0 Å². The summed E-state index contributed by atoms with van der Waals surface area (Å²) in [5.74, 6) is 0.656. The first-order valence-electron chi connectivity index (χ1n) is 13.2. The molecule has 0 amide bonds. The van der Waals surface area contributed by atoms with Crippen LogP contribution in [0.4, 0.5) is 5.69 Å². The lowest BCUT2D eigenvalue weighted by molar-refractivity contribution is 0.203. The molecule has 1 saturated heterocycles. The van der Waals surface area contributed by atoms with Crippen LogP contribution in [0.3, 0.4) is 0 Å². The third-order valence-corrected chi connectivity index (χ3v) is 7.80. The number of hydrogen-bond acceptors (Lipinski definition) is 6. The smallest absolute Gasteiger partial charge is 0.329 e. The van der Waals surface area contributed by atoms with Crippen molar-refractivity contribution in [1.82, 2.24) is 24.0 Å². The van der Waals surface area contributed by atoms with E-state index in [0.29, 0.717) is 19.0 Å². The van der Waals surface area contributed by atoms with Gasteiger partial charge >= 0.3 is 5.69 Å². The van der Waals surface area contributed by atoms with Crippen LogP contribution in [0.25, 0.3) is 33.1 Å². The summed E-state index contributed by atoms with van der Waals surface area (Å²) in [4.78, 5) is 25.0. The van der Waals surface area contributed by atoms with Crippen LogP contribution < -0.4 is 15.7 Å². The zero-order chi connectivity index (χ0) is 24.6. The number of likely N-dealkylation sites (tertiary alicyclic amines) is 1. The van der Waals surface area contributed by atoms with Gasteiger partial charge in [-0.1, -0.05) is 19.4 Å². The number of hydrogen-bond donors (Lipinski definition) is 1. The average Bonchev–Trinajstić information content (AvgIpc) is 3.06. The standard InChI is InChI=1S/C28H34N6O2/c1-3-20-17-31-26-21(9-10-22-25(26)27-23(18-29-22)32(2)28(35)34(20)27)19-8-11-24(30-16-19)36-15-7-14-33-12-5-4-6-13-33/h8-11,16,18,20,31H,3-7,12-15,17H2,1-2H3/t20-/m1/s1. The third kappa shape index (κ3) is 3.93. The van der Waals surface area contributed by atoms with E-state index in [-0.39, 0.29) is 11.7 Å². The molecule has 2 aliphatic heterocycles. The van der Waals surface area contributed by atoms with Crippen molar-refractivity contribution >= 4 is 27.6 Å². The quantitative estimate of drug-likeness (QED) is 0.385. The van der Waals surface area contributed by atoms with Crippen molar-refractivity contribution in [2.45, 2.75) is 45.1 Å². The predicted octanol–water partition coefficient (Wildman–Crippen LogP) is 4.58. The fourth-order valence-electron chi connectivity index (χ4n) is 5.78. The van der Waals surface area contributed by atoms with Crippen LogP contribution in [0.2, 0.25) is 0 Å². The predicted molar refractivity (Wildman–Crippen MR) is 144 cm³/mol. The van der Waals surface area contributed by atoms with Crippen molar-refractivity contribution in [2.75, 3.05) is 38.1 Å². The summed E-state index contributed by atoms with van der Waals surface area (Å²) < 4.78 is 9.61. The third-order valence-electron chi connectivity index (χ3n) is 7.80. The van der Waals surface area contributed by atoms with E-state index in [9.17, 15) is 4.79 Å². The van der Waals surface area contributed by atoms with Crippen molar-refractivity contribution in [3.05, 3.63) is 47.1 Å². The molecule has 4 aromatic rings. The number of piperidine rings is 1. The molecule has 1 N–H and O–H groups in total. The van der Waals surface area contributed by atoms with Crippen LogP contribution in [0.15, 0.2) is 41.5 Å². The van der Waals surface area contributed by atoms with Crippen LogP contribution in [0.5, 0.6) is 5.88 Å². The number of aryl methyl sites for hydroxylation is 1. The first kappa shape index (κ1) is 23.0. The van der Waals surface area contributed by atoms with Crippen LogP contribution in [0, 0.1) is 0 Å². The molecule has 0 unspecified atom stereocenters. The SMILES string of the molecule is CC[C@@H]1CNc2c(-c3ccc(OCCCN4CCCCC4)nc3)ccc3ncc4c(c23)n1c(=O)n4C. The number of aromatic nitrogens is 4. The molecule has 5 heterocycles. The summed E-state index contributed by atoms with van der Waals surface area (Å²) in [6, 6.07) is 8.23. The summed E-state index contributed by atoms with van der Waals surface area (Å²) in [6.07, 6.45) is 9.58. The lowest BCUT2D eigenvalue weighted by atomic mass is 10.0. The van der Waals surface area contributed by atoms with Gasteiger partial charge in [-0.25, -0.2) is 9.78 Å². The minimum absolute atomic E-state index is 0.00894. The Balaban J connectivity index is 1.29. The van der Waals surface area contributed by atoms with Gasteiger partial charge in [0.05, 0.1) is 46.5 Å². The zero-order valence-electron chi connectivity index (χ0n) is 21.2. The highest BCUT2D eigenvalue weighted by Crippen LogP contribution is 2.40. The van der Waals surface area contributed by atoms with Gasteiger partial charge in [-0.3, -0.25) is 14.1 Å². The number of pyridine rings is 2. The second-order valence-electron chi connectivity index (χ2n) is 10.0. The Kier molecular flexibility index (Phi) is 6.13. The molecule has 8 heteroatoms. The summed E-state index contributed by atoms with van der Waals surface area (Å²) >= 11 is 0. The van der Waals surface area contributed by atoms with Gasteiger partial charge in [-0.15, -0.1) is 0 Å². The molecular weight excluding hydrogens is 452 g/mol. The Morgan fingerprint density at radius 2 is 1.94 bits per heavy atom. The Morgan fingerprint density at radius 1 is 1.08 bits per heavy atom. The van der Waals surface area contributed by atoms with Crippen molar-refractivity contribution in [3.8, 4) is 17.0 Å². The largest absolute Gasteiger partial charge is 0.478 e. The maximum absolute atomic E-state index is 13.1. The first-order valence-corrected chi connectivity index (χ1v) is 13.2. The normalized spacial score (nSPS) is 18.0. The van der Waals surface area contributed by atoms with Crippen LogP contribution in [-0.2, 0) is 7.05 Å². The van der Waals surface area contributed by atoms with Gasteiger partial charge in [0, 0.05) is 43.5 Å². The lowest BCUT2D eigenvalue weighted by Gasteiger charge is -2.26. The lowest BCUT2D eigenvalue weighted by Crippen LogP contribution is -2.31. The number of imidazole rings is 1. The zero-order valence-corrected chi connectivity index (χ0v) is 21.2. The summed E-state index contributed by atoms with van der Waals surface area (Å²) in [5.41, 5.74) is 5.79. The monoisotopic (exact) mass is 486 g/mol. The second-order valence-corrected chi connectivity index (χ2v) is 10.0. The molecule has 1 aromatic carbocycles. The van der Waals surface area contributed by atoms with E-state index < -0.39 is 0 Å². The highest BCUT2D eigenvalue weighted by molar-refractivity contribution is 6.13. The molecule has 0 aliphatic carbocycles. The molecular formula is C28H34N6O2. The Hall–Kier alpha value is -3.39. The Morgan fingerprint density at radius 3 is 2.72 bits per heavy atom. The van der Waals surface area contributed by atoms with E-state index in [1.807, 2.05) is 36.1 Å². The van der Waals surface area contributed by atoms with E-state index in [1.165, 1.54) is 32.4 Å². The van der Waals surface area contributed by atoms with Gasteiger partial charge in [0.25, 0.3) is 0 Å². The molecule has 0 radical (unpaired) electrons. The summed E-state index contributed by atoms with van der Waals surface area (Å²) in [7, 11) is 1.83. The summed E-state index contributed by atoms with van der Waals surface area (Å²) in [5, 5.41) is 4.65. The molecule has 36 heavy (non-hydrogen) atoms. The molecule has 8 nitrogen and oxygen atoms in total. The molecule has 1 atom stereocenters. The highest BCUT2D eigenvalue weighted by atomic mass is 16.5. The topological polar surface area (TPSA) is 77.2 Å². The van der Waals surface area contributed by atoms with E-state index in [1.54, 1.807) is 4.57 Å². The molecule has 2 aliphatic rings. The minimum atomic E-state index is 0.00894. The van der Waals surface area contributed by atoms with Crippen molar-refractivity contribution in [3.63, 3.8) is 0 Å². The second kappa shape index (κ2) is 9.58. The van der Waals surface area contributed by atoms with Gasteiger partial charge < -0.3 is 15.0 Å². The fourth-order valence-corrected chi connectivity index (χ4v) is 5.78. The van der Waals surface area contributed by atoms with Crippen molar-refractivity contribution < 1.29 is 4.74 Å². The van der Waals surface area contributed by atoms with Gasteiger partial charge in [0.1, 0.15) is 0 Å². The van der Waals surface area contributed by atoms with E-state index in [2.05, 4.69) is 39.2 Å². The van der Waals surface area contributed by atoms with Crippen LogP contribution in [-0.4, -0.2) is 56.8 Å². The molecule has 188 valence electrons. The number of ether oxygens (including phenoxy) is 1. The highest BCUT2D eigenvalue weighted by Gasteiger charge is 2.26. The fraction of sp³-hybridized carbons (Fsp3) is 0.464. The molecule has 0 spiro atoms. The molecule has 3 aromatic heterocycles. The molecule has 6 rings (SSSR count). The van der Waals surface area contributed by atoms with Gasteiger partial charge in [0.2, 0.25) is 5.88 Å². The number of anilines is 1. The van der Waals surface area contributed by atoms with Crippen LogP contribution in [0.1, 0.15) is 45.1 Å². The number of benzene rings is 1. The summed E-state index contributed by atoms with van der Waals surface area (Å²) in [6.45, 7) is 7.02. The Bertz CT molecular complexity index is 1450. The maximum Gasteiger partial charge on any atom is 0.329 e. The van der Waals surface area contributed by atoms with E-state index in [4.69, 9.17) is 4.74 Å². The Labute approximate surface area is 210 Å². The minimum Gasteiger partial charge on any atom is -0.478 e. The number of nitrogens with zero attached hydrogens (tertiary/aromatic N) is 5. The number of rotatable bonds is 7. The van der Waals surface area contributed by atoms with Crippen molar-refractivity contribution in [2.24, 2.45) is 7.05 Å². The van der Waals surface area contributed by atoms with Crippen molar-refractivity contribution in [1.29, 1.82) is 0 Å². The van der Waals surface area contributed by atoms with Gasteiger partial charge in [-0.05, 0) is 50.9 Å². The first-order chi connectivity index (χ1) is 17.7. The molecule has 0 saturated carbocycles. The van der Waals surface area contributed by atoms with E-state index >= 15 is 0 Å². The molecule has 0 bridgehead atoms. The maximum atomic E-state index is 13.1. The van der Waals surface area contributed by atoms with Gasteiger partial charge in [0.15, 0.2) is 0 Å².